The average molecular weight is 311 g/mol. The third-order valence-electron chi connectivity index (χ3n) is 4.82. The van der Waals surface area contributed by atoms with Crippen LogP contribution in [0.15, 0.2) is 24.5 Å². The highest BCUT2D eigenvalue weighted by atomic mass is 16.2. The quantitative estimate of drug-likeness (QED) is 0.926. The molecule has 0 unspecified atom stereocenters. The number of H-pyrrole nitrogens is 1. The van der Waals surface area contributed by atoms with E-state index < -0.39 is 0 Å². The van der Waals surface area contributed by atoms with Crippen LogP contribution >= 0.6 is 0 Å². The summed E-state index contributed by atoms with van der Waals surface area (Å²) in [5, 5.41) is 7.30. The van der Waals surface area contributed by atoms with Crippen LogP contribution in [0.3, 0.4) is 0 Å². The number of aromatic nitrogens is 3. The van der Waals surface area contributed by atoms with Crippen molar-refractivity contribution in [1.29, 1.82) is 0 Å². The number of rotatable bonds is 3. The highest BCUT2D eigenvalue weighted by Gasteiger charge is 2.28. The Hall–Kier alpha value is -2.21. The molecule has 6 heteroatoms. The van der Waals surface area contributed by atoms with Crippen LogP contribution in [0.2, 0.25) is 0 Å². The SMILES string of the molecule is O=C(c1n[nH]c2c1CCC2)N1CCN(Cc2ccncc2)CC1. The van der Waals surface area contributed by atoms with Crippen LogP contribution in [0.5, 0.6) is 0 Å². The number of carbonyl (C=O) groups is 1. The summed E-state index contributed by atoms with van der Waals surface area (Å²) >= 11 is 0. The standard InChI is InChI=1S/C17H21N5O/c23-17(16-14-2-1-3-15(14)19-20-16)22-10-8-21(9-11-22)12-13-4-6-18-7-5-13/h4-7H,1-3,8-12H2,(H,19,20). The minimum Gasteiger partial charge on any atom is -0.335 e. The fraction of sp³-hybridized carbons (Fsp3) is 0.471. The van der Waals surface area contributed by atoms with Crippen molar-refractivity contribution in [3.63, 3.8) is 0 Å². The summed E-state index contributed by atoms with van der Waals surface area (Å²) < 4.78 is 0. The Morgan fingerprint density at radius 3 is 2.70 bits per heavy atom. The number of fused-ring (bicyclic) bond motifs is 1. The lowest BCUT2D eigenvalue weighted by Gasteiger charge is -2.34. The number of pyridine rings is 1. The maximum absolute atomic E-state index is 12.7. The lowest BCUT2D eigenvalue weighted by atomic mass is 10.1. The summed E-state index contributed by atoms with van der Waals surface area (Å²) in [4.78, 5) is 21.1. The molecule has 23 heavy (non-hydrogen) atoms. The molecule has 0 radical (unpaired) electrons. The van der Waals surface area contributed by atoms with Crippen LogP contribution in [0.1, 0.15) is 33.7 Å². The number of carbonyl (C=O) groups excluding carboxylic acids is 1. The van der Waals surface area contributed by atoms with E-state index in [-0.39, 0.29) is 5.91 Å². The summed E-state index contributed by atoms with van der Waals surface area (Å²) in [7, 11) is 0. The molecule has 1 amide bonds. The van der Waals surface area contributed by atoms with Gasteiger partial charge in [-0.15, -0.1) is 0 Å². The highest BCUT2D eigenvalue weighted by molar-refractivity contribution is 5.94. The second kappa shape index (κ2) is 6.12. The van der Waals surface area contributed by atoms with Gasteiger partial charge in [0.15, 0.2) is 5.69 Å². The molecule has 1 N–H and O–H groups in total. The van der Waals surface area contributed by atoms with Crippen molar-refractivity contribution in [2.45, 2.75) is 25.8 Å². The van der Waals surface area contributed by atoms with Crippen LogP contribution in [0.25, 0.3) is 0 Å². The molecule has 0 spiro atoms. The Bertz CT molecular complexity index is 688. The van der Waals surface area contributed by atoms with Gasteiger partial charge in [0.25, 0.3) is 5.91 Å². The Morgan fingerprint density at radius 2 is 1.91 bits per heavy atom. The first kappa shape index (κ1) is 14.4. The molecule has 0 bridgehead atoms. The second-order valence-electron chi connectivity index (χ2n) is 6.31. The Labute approximate surface area is 135 Å². The van der Waals surface area contributed by atoms with Crippen molar-refractivity contribution in [1.82, 2.24) is 25.0 Å². The Balaban J connectivity index is 1.37. The van der Waals surface area contributed by atoms with Crippen molar-refractivity contribution < 1.29 is 4.79 Å². The van der Waals surface area contributed by atoms with Crippen molar-refractivity contribution in [2.24, 2.45) is 0 Å². The molecule has 1 fully saturated rings. The van der Waals surface area contributed by atoms with Crippen LogP contribution in [0, 0.1) is 0 Å². The zero-order chi connectivity index (χ0) is 15.6. The molecule has 3 heterocycles. The van der Waals surface area contributed by atoms with Crippen LogP contribution in [0.4, 0.5) is 0 Å². The van der Waals surface area contributed by atoms with E-state index in [1.54, 1.807) is 0 Å². The Morgan fingerprint density at radius 1 is 1.13 bits per heavy atom. The number of piperazine rings is 1. The fourth-order valence-corrected chi connectivity index (χ4v) is 3.50. The predicted octanol–water partition coefficient (Wildman–Crippen LogP) is 1.25. The van der Waals surface area contributed by atoms with E-state index in [0.29, 0.717) is 5.69 Å². The van der Waals surface area contributed by atoms with Crippen molar-refractivity contribution in [3.8, 4) is 0 Å². The molecule has 1 saturated heterocycles. The maximum Gasteiger partial charge on any atom is 0.274 e. The van der Waals surface area contributed by atoms with E-state index in [1.807, 2.05) is 29.4 Å². The second-order valence-corrected chi connectivity index (χ2v) is 6.31. The van der Waals surface area contributed by atoms with E-state index in [9.17, 15) is 4.79 Å². The number of hydrogen-bond acceptors (Lipinski definition) is 4. The van der Waals surface area contributed by atoms with Gasteiger partial charge in [0.2, 0.25) is 0 Å². The molecule has 0 atom stereocenters. The van der Waals surface area contributed by atoms with Gasteiger partial charge in [-0.3, -0.25) is 19.8 Å². The summed E-state index contributed by atoms with van der Waals surface area (Å²) in [6.07, 6.45) is 6.79. The molecular weight excluding hydrogens is 290 g/mol. The zero-order valence-electron chi connectivity index (χ0n) is 13.2. The van der Waals surface area contributed by atoms with Gasteiger partial charge in [-0.05, 0) is 37.0 Å². The maximum atomic E-state index is 12.7. The third-order valence-corrected chi connectivity index (χ3v) is 4.82. The summed E-state index contributed by atoms with van der Waals surface area (Å²) in [5.41, 5.74) is 4.23. The first-order chi connectivity index (χ1) is 11.3. The molecule has 6 nitrogen and oxygen atoms in total. The number of amides is 1. The zero-order valence-corrected chi connectivity index (χ0v) is 13.2. The van der Waals surface area contributed by atoms with Crippen molar-refractivity contribution >= 4 is 5.91 Å². The first-order valence-corrected chi connectivity index (χ1v) is 8.28. The minimum atomic E-state index is 0.0907. The van der Waals surface area contributed by atoms with Crippen molar-refractivity contribution in [3.05, 3.63) is 47.0 Å². The smallest absolute Gasteiger partial charge is 0.274 e. The summed E-state index contributed by atoms with van der Waals surface area (Å²) in [5.74, 6) is 0.0907. The topological polar surface area (TPSA) is 65.1 Å². The molecule has 1 aliphatic heterocycles. The van der Waals surface area contributed by atoms with E-state index in [1.165, 1.54) is 5.56 Å². The van der Waals surface area contributed by atoms with Crippen LogP contribution < -0.4 is 0 Å². The van der Waals surface area contributed by atoms with Gasteiger partial charge in [0.05, 0.1) is 0 Å². The monoisotopic (exact) mass is 311 g/mol. The van der Waals surface area contributed by atoms with Gasteiger partial charge in [0.1, 0.15) is 0 Å². The minimum absolute atomic E-state index is 0.0907. The molecule has 2 aliphatic rings. The lowest BCUT2D eigenvalue weighted by molar-refractivity contribution is 0.0621. The third kappa shape index (κ3) is 2.86. The normalized spacial score (nSPS) is 18.2. The molecule has 2 aromatic rings. The van der Waals surface area contributed by atoms with E-state index >= 15 is 0 Å². The molecule has 2 aromatic heterocycles. The number of hydrogen-bond donors (Lipinski definition) is 1. The van der Waals surface area contributed by atoms with E-state index in [4.69, 9.17) is 0 Å². The van der Waals surface area contributed by atoms with Gasteiger partial charge >= 0.3 is 0 Å². The van der Waals surface area contributed by atoms with E-state index in [0.717, 1.165) is 63.2 Å². The summed E-state index contributed by atoms with van der Waals surface area (Å²) in [6.45, 7) is 4.26. The largest absolute Gasteiger partial charge is 0.335 e. The predicted molar refractivity (Wildman–Crippen MR) is 86.0 cm³/mol. The average Bonchev–Trinajstić information content (AvgIpc) is 3.19. The van der Waals surface area contributed by atoms with Gasteiger partial charge in [-0.1, -0.05) is 0 Å². The molecule has 0 aromatic carbocycles. The number of nitrogens with one attached hydrogen (secondary N) is 1. The molecular formula is C17H21N5O. The highest BCUT2D eigenvalue weighted by Crippen LogP contribution is 2.24. The fourth-order valence-electron chi connectivity index (χ4n) is 3.50. The number of nitrogens with zero attached hydrogens (tertiary/aromatic N) is 4. The molecule has 0 saturated carbocycles. The van der Waals surface area contributed by atoms with Gasteiger partial charge in [-0.25, -0.2) is 0 Å². The lowest BCUT2D eigenvalue weighted by Crippen LogP contribution is -2.48. The van der Waals surface area contributed by atoms with Gasteiger partial charge < -0.3 is 4.90 Å². The van der Waals surface area contributed by atoms with Gasteiger partial charge in [-0.2, -0.15) is 5.10 Å². The molecule has 1 aliphatic carbocycles. The molecule has 120 valence electrons. The van der Waals surface area contributed by atoms with Crippen LogP contribution in [-0.2, 0) is 19.4 Å². The summed E-state index contributed by atoms with van der Waals surface area (Å²) in [6, 6.07) is 4.09. The number of aromatic amines is 1. The first-order valence-electron chi connectivity index (χ1n) is 8.28. The van der Waals surface area contributed by atoms with E-state index in [2.05, 4.69) is 20.1 Å². The number of aryl methyl sites for hydroxylation is 1. The van der Waals surface area contributed by atoms with Crippen LogP contribution in [-0.4, -0.2) is 57.1 Å². The molecule has 4 rings (SSSR count). The van der Waals surface area contributed by atoms with Gasteiger partial charge in [0, 0.05) is 56.4 Å². The van der Waals surface area contributed by atoms with Crippen molar-refractivity contribution in [2.75, 3.05) is 26.2 Å². The Kier molecular flexibility index (Phi) is 3.83.